The van der Waals surface area contributed by atoms with E-state index in [1.165, 1.54) is 4.90 Å². The van der Waals surface area contributed by atoms with Gasteiger partial charge in [-0.25, -0.2) is 4.90 Å². The highest BCUT2D eigenvalue weighted by molar-refractivity contribution is 6.45. The minimum absolute atomic E-state index is 0.236. The maximum absolute atomic E-state index is 13.5. The molecule has 0 aromatic heterocycles. The second-order valence-corrected chi connectivity index (χ2v) is 8.93. The Kier molecular flexibility index (Phi) is 6.12. The fourth-order valence-corrected chi connectivity index (χ4v) is 4.26. The maximum Gasteiger partial charge on any atom is 0.282 e. The Morgan fingerprint density at radius 3 is 2.35 bits per heavy atom. The van der Waals surface area contributed by atoms with Crippen molar-refractivity contribution in [1.29, 1.82) is 0 Å². The second kappa shape index (κ2) is 8.96. The maximum atomic E-state index is 13.5. The van der Waals surface area contributed by atoms with E-state index in [0.717, 1.165) is 37.2 Å². The van der Waals surface area contributed by atoms with Gasteiger partial charge in [0.1, 0.15) is 11.4 Å². The Hall–Kier alpha value is -3.08. The quantitative estimate of drug-likeness (QED) is 0.636. The Bertz CT molecular complexity index is 979. The number of carbonyl (C=O) groups excluding carboxylic acids is 2. The topological polar surface area (TPSA) is 49.9 Å². The number of likely N-dealkylation sites (tertiary alicyclic amines) is 1. The van der Waals surface area contributed by atoms with E-state index in [1.807, 2.05) is 42.5 Å². The molecule has 1 saturated heterocycles. The van der Waals surface area contributed by atoms with Crippen molar-refractivity contribution in [2.75, 3.05) is 24.6 Å². The molecule has 2 aromatic carbocycles. The lowest BCUT2D eigenvalue weighted by Gasteiger charge is -2.33. The van der Waals surface area contributed by atoms with Crippen LogP contribution in [0.5, 0.6) is 5.75 Å². The molecule has 1 fully saturated rings. The minimum Gasteiger partial charge on any atom is -0.493 e. The number of nitrogens with zero attached hydrogens (tertiary/aromatic N) is 2. The number of hydrogen-bond acceptors (Lipinski definition) is 4. The Balaban J connectivity index is 1.72. The van der Waals surface area contributed by atoms with Gasteiger partial charge < -0.3 is 9.64 Å². The first-order chi connectivity index (χ1) is 15.0. The number of imide groups is 1. The van der Waals surface area contributed by atoms with Crippen molar-refractivity contribution >= 4 is 23.1 Å². The van der Waals surface area contributed by atoms with Crippen LogP contribution in [0.2, 0.25) is 0 Å². The third-order valence-electron chi connectivity index (χ3n) is 5.77. The van der Waals surface area contributed by atoms with E-state index in [0.29, 0.717) is 35.4 Å². The molecular formula is C26H30N2O3. The van der Waals surface area contributed by atoms with Crippen LogP contribution in [0, 0.1) is 11.8 Å². The number of carbonyl (C=O) groups is 2. The fraction of sp³-hybridized carbons (Fsp3) is 0.385. The molecule has 0 saturated carbocycles. The molecule has 4 rings (SSSR count). The zero-order valence-electron chi connectivity index (χ0n) is 18.5. The molecule has 0 bridgehead atoms. The minimum atomic E-state index is -0.264. The molecule has 2 amide bonds. The zero-order chi connectivity index (χ0) is 22.0. The van der Waals surface area contributed by atoms with Gasteiger partial charge in [0.2, 0.25) is 0 Å². The SMILES string of the molecule is CC(C)COc1ccc(C2=C(N3CCCC(C)C3)C(=O)N(c3ccccc3)C2=O)cc1. The molecule has 2 aliphatic rings. The summed E-state index contributed by atoms with van der Waals surface area (Å²) in [6.45, 7) is 8.62. The highest BCUT2D eigenvalue weighted by Crippen LogP contribution is 2.36. The smallest absolute Gasteiger partial charge is 0.282 e. The number of piperidine rings is 1. The van der Waals surface area contributed by atoms with Crippen molar-refractivity contribution in [2.45, 2.75) is 33.6 Å². The normalized spacial score (nSPS) is 19.5. The summed E-state index contributed by atoms with van der Waals surface area (Å²) >= 11 is 0. The lowest BCUT2D eigenvalue weighted by atomic mass is 9.97. The van der Waals surface area contributed by atoms with Crippen LogP contribution in [-0.4, -0.2) is 36.4 Å². The molecule has 2 aromatic rings. The van der Waals surface area contributed by atoms with Gasteiger partial charge in [-0.15, -0.1) is 0 Å². The summed E-state index contributed by atoms with van der Waals surface area (Å²) in [5.74, 6) is 1.19. The zero-order valence-corrected chi connectivity index (χ0v) is 18.5. The number of ether oxygens (including phenoxy) is 1. The molecule has 0 aliphatic carbocycles. The molecule has 5 heteroatoms. The molecule has 2 heterocycles. The van der Waals surface area contributed by atoms with E-state index in [-0.39, 0.29) is 11.8 Å². The second-order valence-electron chi connectivity index (χ2n) is 8.93. The number of anilines is 1. The van der Waals surface area contributed by atoms with E-state index in [9.17, 15) is 9.59 Å². The van der Waals surface area contributed by atoms with Crippen LogP contribution >= 0.6 is 0 Å². The summed E-state index contributed by atoms with van der Waals surface area (Å²) in [5, 5.41) is 0. The largest absolute Gasteiger partial charge is 0.493 e. The van der Waals surface area contributed by atoms with Gasteiger partial charge in [-0.3, -0.25) is 9.59 Å². The molecule has 0 radical (unpaired) electrons. The number of hydrogen-bond donors (Lipinski definition) is 0. The van der Waals surface area contributed by atoms with Gasteiger partial charge in [-0.05, 0) is 54.5 Å². The monoisotopic (exact) mass is 418 g/mol. The fourth-order valence-electron chi connectivity index (χ4n) is 4.26. The molecule has 0 N–H and O–H groups in total. The summed E-state index contributed by atoms with van der Waals surface area (Å²) in [6.07, 6.45) is 2.16. The van der Waals surface area contributed by atoms with E-state index in [2.05, 4.69) is 25.7 Å². The van der Waals surface area contributed by atoms with Gasteiger partial charge in [-0.2, -0.15) is 0 Å². The first-order valence-electron chi connectivity index (χ1n) is 11.1. The number of rotatable bonds is 6. The van der Waals surface area contributed by atoms with Crippen LogP contribution in [0.3, 0.4) is 0 Å². The summed E-state index contributed by atoms with van der Waals surface area (Å²) in [5.41, 5.74) is 2.36. The van der Waals surface area contributed by atoms with Crippen molar-refractivity contribution < 1.29 is 14.3 Å². The number of benzene rings is 2. The third-order valence-corrected chi connectivity index (χ3v) is 5.77. The standard InChI is InChI=1S/C26H30N2O3/c1-18(2)17-31-22-13-11-20(12-14-22)23-24(27-15-7-8-19(3)16-27)26(30)28(25(23)29)21-9-5-4-6-10-21/h4-6,9-14,18-19H,7-8,15-17H2,1-3H3. The van der Waals surface area contributed by atoms with Gasteiger partial charge in [0, 0.05) is 13.1 Å². The first-order valence-corrected chi connectivity index (χ1v) is 11.1. The molecule has 0 spiro atoms. The highest BCUT2D eigenvalue weighted by atomic mass is 16.5. The summed E-state index contributed by atoms with van der Waals surface area (Å²) < 4.78 is 5.79. The van der Waals surface area contributed by atoms with E-state index >= 15 is 0 Å². The van der Waals surface area contributed by atoms with Gasteiger partial charge in [0.25, 0.3) is 11.8 Å². The van der Waals surface area contributed by atoms with Crippen LogP contribution in [-0.2, 0) is 9.59 Å². The molecule has 31 heavy (non-hydrogen) atoms. The number of amides is 2. The number of para-hydroxylation sites is 1. The predicted octanol–water partition coefficient (Wildman–Crippen LogP) is 4.74. The van der Waals surface area contributed by atoms with E-state index in [1.54, 1.807) is 12.1 Å². The van der Waals surface area contributed by atoms with Crippen LogP contribution in [0.25, 0.3) is 5.57 Å². The van der Waals surface area contributed by atoms with Gasteiger partial charge >= 0.3 is 0 Å². The lowest BCUT2D eigenvalue weighted by Crippen LogP contribution is -2.39. The van der Waals surface area contributed by atoms with E-state index < -0.39 is 0 Å². The van der Waals surface area contributed by atoms with Gasteiger partial charge in [0.05, 0.1) is 17.9 Å². The van der Waals surface area contributed by atoms with Gasteiger partial charge in [0.15, 0.2) is 0 Å². The summed E-state index contributed by atoms with van der Waals surface area (Å²) in [6, 6.07) is 16.7. The lowest BCUT2D eigenvalue weighted by molar-refractivity contribution is -0.120. The molecule has 1 unspecified atom stereocenters. The molecule has 162 valence electrons. The highest BCUT2D eigenvalue weighted by Gasteiger charge is 2.43. The average molecular weight is 419 g/mol. The Morgan fingerprint density at radius 1 is 1.00 bits per heavy atom. The van der Waals surface area contributed by atoms with Crippen LogP contribution in [0.1, 0.15) is 39.2 Å². The first kappa shape index (κ1) is 21.2. The summed E-state index contributed by atoms with van der Waals surface area (Å²) in [4.78, 5) is 30.5. The third kappa shape index (κ3) is 4.36. The van der Waals surface area contributed by atoms with Crippen molar-refractivity contribution in [2.24, 2.45) is 11.8 Å². The molecule has 5 nitrogen and oxygen atoms in total. The van der Waals surface area contributed by atoms with Crippen molar-refractivity contribution in [1.82, 2.24) is 4.90 Å². The molecular weight excluding hydrogens is 388 g/mol. The molecule has 2 aliphatic heterocycles. The Labute approximate surface area is 184 Å². The van der Waals surface area contributed by atoms with Crippen molar-refractivity contribution in [3.63, 3.8) is 0 Å². The average Bonchev–Trinajstić information content (AvgIpc) is 3.03. The van der Waals surface area contributed by atoms with Gasteiger partial charge in [-0.1, -0.05) is 51.1 Å². The van der Waals surface area contributed by atoms with Crippen LogP contribution in [0.15, 0.2) is 60.3 Å². The van der Waals surface area contributed by atoms with Crippen molar-refractivity contribution in [3.8, 4) is 5.75 Å². The van der Waals surface area contributed by atoms with Crippen LogP contribution < -0.4 is 9.64 Å². The predicted molar refractivity (Wildman–Crippen MR) is 123 cm³/mol. The Morgan fingerprint density at radius 2 is 1.71 bits per heavy atom. The van der Waals surface area contributed by atoms with E-state index in [4.69, 9.17) is 4.74 Å². The molecule has 1 atom stereocenters. The van der Waals surface area contributed by atoms with Crippen molar-refractivity contribution in [3.05, 3.63) is 65.9 Å². The van der Waals surface area contributed by atoms with Crippen LogP contribution in [0.4, 0.5) is 5.69 Å². The summed E-state index contributed by atoms with van der Waals surface area (Å²) in [7, 11) is 0.